The zero-order valence-corrected chi connectivity index (χ0v) is 33.4. The van der Waals surface area contributed by atoms with Crippen molar-refractivity contribution in [1.29, 1.82) is 0 Å². The first-order chi connectivity index (χ1) is 23.5. The summed E-state index contributed by atoms with van der Waals surface area (Å²) in [7, 11) is 0. The van der Waals surface area contributed by atoms with E-state index < -0.39 is 6.29 Å². The molecule has 0 spiro atoms. The molecule has 49 heavy (non-hydrogen) atoms. The van der Waals surface area contributed by atoms with Crippen molar-refractivity contribution >= 4 is 0 Å². The first kappa shape index (κ1) is 42.9. The molecule has 0 radical (unpaired) electrons. The number of allylic oxidation sites excluding steroid dienone is 8. The first-order valence-corrected chi connectivity index (χ1v) is 20.3. The lowest BCUT2D eigenvalue weighted by molar-refractivity contribution is -0.0254. The molecule has 3 heteroatoms. The molecule has 0 aliphatic carbocycles. The van der Waals surface area contributed by atoms with Gasteiger partial charge in [0, 0.05) is 6.42 Å². The Morgan fingerprint density at radius 2 is 1.35 bits per heavy atom. The molecular weight excluding hydrogens is 601 g/mol. The Kier molecular flexibility index (Phi) is 21.7. The van der Waals surface area contributed by atoms with Crippen molar-refractivity contribution in [3.05, 3.63) is 69.9 Å². The van der Waals surface area contributed by atoms with Crippen LogP contribution in [0, 0.1) is 13.8 Å². The van der Waals surface area contributed by atoms with E-state index in [2.05, 4.69) is 91.8 Å². The van der Waals surface area contributed by atoms with Crippen molar-refractivity contribution in [2.24, 2.45) is 0 Å². The summed E-state index contributed by atoms with van der Waals surface area (Å²) in [6.07, 6.45) is 37.1. The molecule has 1 N–H and O–H groups in total. The van der Waals surface area contributed by atoms with Gasteiger partial charge in [-0.15, -0.1) is 0 Å². The summed E-state index contributed by atoms with van der Waals surface area (Å²) in [4.78, 5) is 0. The molecule has 0 aromatic heterocycles. The fourth-order valence-corrected chi connectivity index (χ4v) is 6.81. The third kappa shape index (κ3) is 18.5. The van der Waals surface area contributed by atoms with Gasteiger partial charge in [0.15, 0.2) is 6.29 Å². The number of rotatable bonds is 26. The largest absolute Gasteiger partial charge is 0.487 e. The number of aliphatic hydroxyl groups is 1. The van der Waals surface area contributed by atoms with Crippen molar-refractivity contribution < 1.29 is 14.6 Å². The van der Waals surface area contributed by atoms with Crippen LogP contribution < -0.4 is 9.47 Å². The summed E-state index contributed by atoms with van der Waals surface area (Å²) in [5, 5.41) is 10.7. The van der Waals surface area contributed by atoms with E-state index in [1.807, 2.05) is 0 Å². The van der Waals surface area contributed by atoms with Gasteiger partial charge in [-0.25, -0.2) is 0 Å². The van der Waals surface area contributed by atoms with E-state index in [0.717, 1.165) is 86.8 Å². The zero-order chi connectivity index (χ0) is 35.9. The molecule has 2 unspecified atom stereocenters. The Hall–Kier alpha value is -2.26. The lowest BCUT2D eigenvalue weighted by atomic mass is 9.86. The second-order valence-corrected chi connectivity index (χ2v) is 15.6. The molecule has 278 valence electrons. The molecular formula is C46H76O3. The van der Waals surface area contributed by atoms with Gasteiger partial charge >= 0.3 is 0 Å². The van der Waals surface area contributed by atoms with Crippen LogP contribution in [0.1, 0.15) is 193 Å². The molecule has 1 heterocycles. The number of aryl methyl sites for hydroxylation is 1. The first-order valence-electron chi connectivity index (χ1n) is 20.3. The predicted octanol–water partition coefficient (Wildman–Crippen LogP) is 14.3. The van der Waals surface area contributed by atoms with Gasteiger partial charge in [0.1, 0.15) is 17.1 Å². The van der Waals surface area contributed by atoms with Crippen molar-refractivity contribution in [2.75, 3.05) is 0 Å². The van der Waals surface area contributed by atoms with Gasteiger partial charge in [0.25, 0.3) is 0 Å². The van der Waals surface area contributed by atoms with E-state index in [-0.39, 0.29) is 5.60 Å². The van der Waals surface area contributed by atoms with Gasteiger partial charge in [-0.1, -0.05) is 105 Å². The van der Waals surface area contributed by atoms with E-state index >= 15 is 0 Å². The maximum atomic E-state index is 10.7. The number of aliphatic hydroxyl groups excluding tert-OH is 1. The number of hydrogen-bond acceptors (Lipinski definition) is 3. The van der Waals surface area contributed by atoms with E-state index in [9.17, 15) is 5.11 Å². The number of fused-ring (bicyclic) bond motifs is 1. The molecule has 3 nitrogen and oxygen atoms in total. The molecule has 1 aromatic carbocycles. The van der Waals surface area contributed by atoms with Gasteiger partial charge in [-0.05, 0) is 155 Å². The molecule has 0 bridgehead atoms. The second kappa shape index (κ2) is 24.8. The van der Waals surface area contributed by atoms with Crippen molar-refractivity contribution in [2.45, 2.75) is 209 Å². The highest BCUT2D eigenvalue weighted by Crippen LogP contribution is 2.42. The standard InChI is InChI=1S/C46H76O3/c1-9-10-11-12-13-14-15-16-17-18-19-20-21-22-23-32-44(47)48-43-36-42-33-35-46(8,49-45(42)41(7)40(43)6)34-26-31-39(5)30-25-29-38(4)28-24-27-37(2)3/h16-17,27,29,31,36,44,47H,9-15,18-26,28,30,32-35H2,1-8H3/b17-16-,38-29+,39-31+. The van der Waals surface area contributed by atoms with Crippen molar-refractivity contribution in [3.63, 3.8) is 0 Å². The van der Waals surface area contributed by atoms with Gasteiger partial charge in [0.05, 0.1) is 0 Å². The maximum absolute atomic E-state index is 10.7. The molecule has 2 atom stereocenters. The van der Waals surface area contributed by atoms with Gasteiger partial charge in [-0.2, -0.15) is 0 Å². The highest BCUT2D eigenvalue weighted by atomic mass is 16.6. The third-order valence-electron chi connectivity index (χ3n) is 10.4. The minimum atomic E-state index is -0.757. The van der Waals surface area contributed by atoms with Crippen molar-refractivity contribution in [1.82, 2.24) is 0 Å². The van der Waals surface area contributed by atoms with Crippen LogP contribution in [0.15, 0.2) is 53.2 Å². The number of hydrogen-bond donors (Lipinski definition) is 1. The fourth-order valence-electron chi connectivity index (χ4n) is 6.81. The summed E-state index contributed by atoms with van der Waals surface area (Å²) in [5.74, 6) is 1.84. The monoisotopic (exact) mass is 677 g/mol. The molecule has 2 rings (SSSR count). The van der Waals surface area contributed by atoms with Crippen LogP contribution in [0.25, 0.3) is 0 Å². The van der Waals surface area contributed by atoms with Crippen LogP contribution in [-0.2, 0) is 6.42 Å². The summed E-state index contributed by atoms with van der Waals surface area (Å²) < 4.78 is 12.8. The highest BCUT2D eigenvalue weighted by Gasteiger charge is 2.33. The van der Waals surface area contributed by atoms with Gasteiger partial charge in [0.2, 0.25) is 0 Å². The van der Waals surface area contributed by atoms with E-state index in [1.165, 1.54) is 92.9 Å². The normalized spacial score (nSPS) is 17.2. The Labute approximate surface area is 303 Å². The average molecular weight is 677 g/mol. The Morgan fingerprint density at radius 3 is 1.98 bits per heavy atom. The number of unbranched alkanes of at least 4 members (excludes halogenated alkanes) is 11. The predicted molar refractivity (Wildman–Crippen MR) is 214 cm³/mol. The highest BCUT2D eigenvalue weighted by molar-refractivity contribution is 5.53. The van der Waals surface area contributed by atoms with Crippen LogP contribution in [0.5, 0.6) is 11.5 Å². The lowest BCUT2D eigenvalue weighted by Gasteiger charge is -2.37. The third-order valence-corrected chi connectivity index (χ3v) is 10.4. The average Bonchev–Trinajstić information content (AvgIpc) is 3.05. The van der Waals surface area contributed by atoms with Crippen LogP contribution in [0.2, 0.25) is 0 Å². The molecule has 1 aliphatic rings. The molecule has 1 aliphatic heterocycles. The van der Waals surface area contributed by atoms with E-state index in [4.69, 9.17) is 9.47 Å². The fraction of sp³-hybridized carbons (Fsp3) is 0.696. The quantitative estimate of drug-likeness (QED) is 0.0603. The topological polar surface area (TPSA) is 38.7 Å². The Morgan fingerprint density at radius 1 is 0.776 bits per heavy atom. The number of ether oxygens (including phenoxy) is 2. The minimum absolute atomic E-state index is 0.159. The number of benzene rings is 1. The van der Waals surface area contributed by atoms with Crippen LogP contribution in [0.3, 0.4) is 0 Å². The maximum Gasteiger partial charge on any atom is 0.197 e. The zero-order valence-electron chi connectivity index (χ0n) is 33.4. The lowest BCUT2D eigenvalue weighted by Crippen LogP contribution is -2.36. The van der Waals surface area contributed by atoms with Crippen LogP contribution >= 0.6 is 0 Å². The summed E-state index contributed by atoms with van der Waals surface area (Å²) in [6, 6.07) is 2.12. The summed E-state index contributed by atoms with van der Waals surface area (Å²) in [6.45, 7) is 17.7. The van der Waals surface area contributed by atoms with Crippen LogP contribution in [0.4, 0.5) is 0 Å². The van der Waals surface area contributed by atoms with Gasteiger partial charge in [-0.3, -0.25) is 0 Å². The molecule has 0 amide bonds. The smallest absolute Gasteiger partial charge is 0.197 e. The molecule has 1 aromatic rings. The minimum Gasteiger partial charge on any atom is -0.487 e. The van der Waals surface area contributed by atoms with E-state index in [0.29, 0.717) is 6.42 Å². The molecule has 0 fully saturated rings. The Balaban J connectivity index is 1.69. The second-order valence-electron chi connectivity index (χ2n) is 15.6. The Bertz CT molecular complexity index is 1180. The van der Waals surface area contributed by atoms with E-state index in [1.54, 1.807) is 0 Å². The summed E-state index contributed by atoms with van der Waals surface area (Å²) in [5.41, 5.74) is 7.65. The molecule has 0 saturated carbocycles. The summed E-state index contributed by atoms with van der Waals surface area (Å²) >= 11 is 0. The van der Waals surface area contributed by atoms with Gasteiger partial charge < -0.3 is 14.6 Å². The van der Waals surface area contributed by atoms with Crippen LogP contribution in [-0.4, -0.2) is 17.0 Å². The molecule has 0 saturated heterocycles. The van der Waals surface area contributed by atoms with Crippen molar-refractivity contribution in [3.8, 4) is 11.5 Å². The SMILES string of the molecule is CCCCCCCC/C=C\CCCCCCCC(O)Oc1cc2c(c(C)c1C)OC(C)(CC/C=C(\C)CC/C=C(\C)CCC=C(C)C)CC2.